The number of anilines is 1. The first kappa shape index (κ1) is 14.7. The van der Waals surface area contributed by atoms with Crippen LogP contribution < -0.4 is 10.6 Å². The lowest BCUT2D eigenvalue weighted by Gasteiger charge is -2.12. The molecule has 1 aromatic rings. The van der Waals surface area contributed by atoms with Gasteiger partial charge in [-0.1, -0.05) is 26.0 Å². The number of amides is 1. The molecular formula is C14H22N2O2. The second-order valence-electron chi connectivity index (χ2n) is 4.33. The molecule has 0 saturated heterocycles. The molecule has 1 atom stereocenters. The van der Waals surface area contributed by atoms with Crippen molar-refractivity contribution in [3.63, 3.8) is 0 Å². The molecule has 100 valence electrons. The molecule has 0 spiro atoms. The van der Waals surface area contributed by atoms with Crippen LogP contribution in [0, 0.1) is 5.92 Å². The first-order valence-electron chi connectivity index (χ1n) is 6.26. The minimum Gasteiger partial charge on any atom is -0.384 e. The SMILES string of the molecule is CCNCc1cccc(NC(=O)[C@H](C)COC)c1. The van der Waals surface area contributed by atoms with Crippen molar-refractivity contribution in [2.45, 2.75) is 20.4 Å². The number of benzene rings is 1. The van der Waals surface area contributed by atoms with Crippen LogP contribution in [0.2, 0.25) is 0 Å². The van der Waals surface area contributed by atoms with E-state index in [-0.39, 0.29) is 11.8 Å². The summed E-state index contributed by atoms with van der Waals surface area (Å²) in [5.74, 6) is -0.162. The Hall–Kier alpha value is -1.39. The topological polar surface area (TPSA) is 50.4 Å². The van der Waals surface area contributed by atoms with Gasteiger partial charge in [0.15, 0.2) is 0 Å². The van der Waals surface area contributed by atoms with Gasteiger partial charge in [0.1, 0.15) is 0 Å². The van der Waals surface area contributed by atoms with E-state index in [2.05, 4.69) is 17.6 Å². The van der Waals surface area contributed by atoms with Gasteiger partial charge in [-0.3, -0.25) is 4.79 Å². The van der Waals surface area contributed by atoms with Crippen LogP contribution in [0.1, 0.15) is 19.4 Å². The fourth-order valence-corrected chi connectivity index (χ4v) is 1.62. The van der Waals surface area contributed by atoms with Crippen LogP contribution in [0.25, 0.3) is 0 Å². The number of carbonyl (C=O) groups excluding carboxylic acids is 1. The van der Waals surface area contributed by atoms with Gasteiger partial charge in [0.2, 0.25) is 5.91 Å². The van der Waals surface area contributed by atoms with Gasteiger partial charge < -0.3 is 15.4 Å². The number of rotatable bonds is 7. The van der Waals surface area contributed by atoms with Gasteiger partial charge in [0.25, 0.3) is 0 Å². The smallest absolute Gasteiger partial charge is 0.229 e. The molecule has 0 heterocycles. The van der Waals surface area contributed by atoms with Crippen molar-refractivity contribution in [3.8, 4) is 0 Å². The summed E-state index contributed by atoms with van der Waals surface area (Å²) < 4.78 is 4.97. The molecule has 0 bridgehead atoms. The van der Waals surface area contributed by atoms with Crippen molar-refractivity contribution in [2.75, 3.05) is 25.6 Å². The normalized spacial score (nSPS) is 12.2. The Morgan fingerprint density at radius 1 is 1.44 bits per heavy atom. The third kappa shape index (κ3) is 4.85. The predicted molar refractivity (Wildman–Crippen MR) is 73.5 cm³/mol. The molecule has 4 heteroatoms. The van der Waals surface area contributed by atoms with Crippen molar-refractivity contribution >= 4 is 11.6 Å². The Kier molecular flexibility index (Phi) is 6.39. The molecule has 2 N–H and O–H groups in total. The molecule has 4 nitrogen and oxygen atoms in total. The summed E-state index contributed by atoms with van der Waals surface area (Å²) >= 11 is 0. The van der Waals surface area contributed by atoms with Crippen molar-refractivity contribution in [3.05, 3.63) is 29.8 Å². The monoisotopic (exact) mass is 250 g/mol. The Balaban J connectivity index is 2.58. The highest BCUT2D eigenvalue weighted by Gasteiger charge is 2.12. The lowest BCUT2D eigenvalue weighted by atomic mass is 10.1. The van der Waals surface area contributed by atoms with Gasteiger partial charge in [-0.15, -0.1) is 0 Å². The van der Waals surface area contributed by atoms with Crippen molar-refractivity contribution in [1.82, 2.24) is 5.32 Å². The maximum atomic E-state index is 11.8. The predicted octanol–water partition coefficient (Wildman–Crippen LogP) is 2.02. The molecule has 1 amide bonds. The summed E-state index contributed by atoms with van der Waals surface area (Å²) in [6.45, 7) is 6.09. The fourth-order valence-electron chi connectivity index (χ4n) is 1.62. The molecule has 0 saturated carbocycles. The minimum atomic E-state index is -0.146. The maximum absolute atomic E-state index is 11.8. The second-order valence-corrected chi connectivity index (χ2v) is 4.33. The summed E-state index contributed by atoms with van der Waals surface area (Å²) in [6, 6.07) is 7.87. The van der Waals surface area contributed by atoms with E-state index >= 15 is 0 Å². The molecule has 0 fully saturated rings. The molecule has 1 rings (SSSR count). The van der Waals surface area contributed by atoms with Crippen LogP contribution >= 0.6 is 0 Å². The third-order valence-corrected chi connectivity index (χ3v) is 2.64. The molecule has 0 aromatic heterocycles. The summed E-state index contributed by atoms with van der Waals surface area (Å²) in [6.07, 6.45) is 0. The number of nitrogens with one attached hydrogen (secondary N) is 2. The number of methoxy groups -OCH3 is 1. The molecule has 0 aliphatic carbocycles. The Morgan fingerprint density at radius 2 is 2.22 bits per heavy atom. The van der Waals surface area contributed by atoms with Gasteiger partial charge >= 0.3 is 0 Å². The van der Waals surface area contributed by atoms with E-state index in [1.54, 1.807) is 7.11 Å². The summed E-state index contributed by atoms with van der Waals surface area (Å²) in [5.41, 5.74) is 1.99. The molecule has 18 heavy (non-hydrogen) atoms. The molecular weight excluding hydrogens is 228 g/mol. The highest BCUT2D eigenvalue weighted by Crippen LogP contribution is 2.12. The zero-order valence-corrected chi connectivity index (χ0v) is 11.3. The number of ether oxygens (including phenoxy) is 1. The zero-order chi connectivity index (χ0) is 13.4. The van der Waals surface area contributed by atoms with E-state index in [0.717, 1.165) is 24.3 Å². The lowest BCUT2D eigenvalue weighted by molar-refractivity contribution is -0.120. The van der Waals surface area contributed by atoms with E-state index in [0.29, 0.717) is 6.61 Å². The average Bonchev–Trinajstić information content (AvgIpc) is 2.37. The average molecular weight is 250 g/mol. The van der Waals surface area contributed by atoms with Gasteiger partial charge in [-0.2, -0.15) is 0 Å². The van der Waals surface area contributed by atoms with Gasteiger partial charge in [0.05, 0.1) is 12.5 Å². The molecule has 0 aliphatic heterocycles. The van der Waals surface area contributed by atoms with Crippen molar-refractivity contribution in [1.29, 1.82) is 0 Å². The number of hydrogen-bond donors (Lipinski definition) is 2. The maximum Gasteiger partial charge on any atom is 0.229 e. The van der Waals surface area contributed by atoms with E-state index < -0.39 is 0 Å². The van der Waals surface area contributed by atoms with E-state index in [1.807, 2.05) is 31.2 Å². The zero-order valence-electron chi connectivity index (χ0n) is 11.3. The van der Waals surface area contributed by atoms with Crippen LogP contribution in [0.3, 0.4) is 0 Å². The van der Waals surface area contributed by atoms with Gasteiger partial charge in [-0.05, 0) is 24.2 Å². The first-order chi connectivity index (χ1) is 8.67. The van der Waals surface area contributed by atoms with E-state index in [4.69, 9.17) is 4.74 Å². The Morgan fingerprint density at radius 3 is 2.89 bits per heavy atom. The van der Waals surface area contributed by atoms with Gasteiger partial charge in [0, 0.05) is 19.3 Å². The van der Waals surface area contributed by atoms with Crippen LogP contribution in [0.15, 0.2) is 24.3 Å². The Labute approximate surface area is 109 Å². The van der Waals surface area contributed by atoms with E-state index in [1.165, 1.54) is 0 Å². The molecule has 0 unspecified atom stereocenters. The van der Waals surface area contributed by atoms with Crippen molar-refractivity contribution < 1.29 is 9.53 Å². The minimum absolute atomic E-state index is 0.0162. The molecule has 1 aromatic carbocycles. The second kappa shape index (κ2) is 7.84. The van der Waals surface area contributed by atoms with Crippen molar-refractivity contribution in [2.24, 2.45) is 5.92 Å². The third-order valence-electron chi connectivity index (χ3n) is 2.64. The highest BCUT2D eigenvalue weighted by atomic mass is 16.5. The van der Waals surface area contributed by atoms with Crippen LogP contribution in [-0.2, 0) is 16.1 Å². The fraction of sp³-hybridized carbons (Fsp3) is 0.500. The quantitative estimate of drug-likeness (QED) is 0.778. The van der Waals surface area contributed by atoms with Crippen LogP contribution in [0.5, 0.6) is 0 Å². The summed E-state index contributed by atoms with van der Waals surface area (Å²) in [7, 11) is 1.60. The number of hydrogen-bond acceptors (Lipinski definition) is 3. The highest BCUT2D eigenvalue weighted by molar-refractivity contribution is 5.92. The van der Waals surface area contributed by atoms with Crippen LogP contribution in [-0.4, -0.2) is 26.2 Å². The largest absolute Gasteiger partial charge is 0.384 e. The number of carbonyl (C=O) groups is 1. The summed E-state index contributed by atoms with van der Waals surface area (Å²) in [5, 5.41) is 6.15. The molecule has 0 aliphatic rings. The van der Waals surface area contributed by atoms with Gasteiger partial charge in [-0.25, -0.2) is 0 Å². The Bertz CT molecular complexity index is 380. The molecule has 0 radical (unpaired) electrons. The summed E-state index contributed by atoms with van der Waals surface area (Å²) in [4.78, 5) is 11.8. The van der Waals surface area contributed by atoms with E-state index in [9.17, 15) is 4.79 Å². The standard InChI is InChI=1S/C14H22N2O2/c1-4-15-9-12-6-5-7-13(8-12)16-14(17)11(2)10-18-3/h5-8,11,15H,4,9-10H2,1-3H3,(H,16,17)/t11-/m1/s1. The lowest BCUT2D eigenvalue weighted by Crippen LogP contribution is -2.24. The first-order valence-corrected chi connectivity index (χ1v) is 6.26. The van der Waals surface area contributed by atoms with Crippen LogP contribution in [0.4, 0.5) is 5.69 Å².